The lowest BCUT2D eigenvalue weighted by atomic mass is 9.88. The van der Waals surface area contributed by atoms with Gasteiger partial charge in [0.15, 0.2) is 17.4 Å². The Bertz CT molecular complexity index is 1040. The fourth-order valence-corrected chi connectivity index (χ4v) is 3.02. The third-order valence-corrected chi connectivity index (χ3v) is 4.44. The predicted molar refractivity (Wildman–Crippen MR) is 90.8 cm³/mol. The maximum Gasteiger partial charge on any atom is 0.262 e. The van der Waals surface area contributed by atoms with Crippen molar-refractivity contribution in [3.63, 3.8) is 0 Å². The van der Waals surface area contributed by atoms with E-state index in [0.717, 1.165) is 0 Å². The molecule has 0 spiro atoms. The molecule has 26 heavy (non-hydrogen) atoms. The summed E-state index contributed by atoms with van der Waals surface area (Å²) in [6, 6.07) is 8.90. The number of halogens is 1. The first-order valence-corrected chi connectivity index (χ1v) is 7.99. The number of fused-ring (bicyclic) bond motifs is 2. The summed E-state index contributed by atoms with van der Waals surface area (Å²) in [5.41, 5.74) is 0.362. The number of ether oxygens (including phenoxy) is 2. The lowest BCUT2D eigenvalue weighted by Crippen LogP contribution is -2.50. The van der Waals surface area contributed by atoms with Crippen LogP contribution < -0.4 is 9.47 Å². The Balaban J connectivity index is 1.81. The molecule has 0 unspecified atom stereocenters. The summed E-state index contributed by atoms with van der Waals surface area (Å²) in [4.78, 5) is 3.41. The fourth-order valence-electron chi connectivity index (χ4n) is 3.02. The maximum absolute atomic E-state index is 13.6. The second kappa shape index (κ2) is 5.71. The van der Waals surface area contributed by atoms with Crippen LogP contribution >= 0.6 is 0 Å². The first-order chi connectivity index (χ1) is 12.4. The van der Waals surface area contributed by atoms with Gasteiger partial charge in [0, 0.05) is 5.56 Å². The molecule has 0 amide bonds. The Kier molecular flexibility index (Phi) is 3.60. The molecule has 1 aliphatic heterocycles. The molecule has 0 saturated carbocycles. The summed E-state index contributed by atoms with van der Waals surface area (Å²) in [5, 5.41) is 15.0. The summed E-state index contributed by atoms with van der Waals surface area (Å²) < 4.78 is 30.5. The average molecular weight is 354 g/mol. The second-order valence-electron chi connectivity index (χ2n) is 6.65. The van der Waals surface area contributed by atoms with Gasteiger partial charge in [0.2, 0.25) is 0 Å². The van der Waals surface area contributed by atoms with Gasteiger partial charge in [0.05, 0.1) is 12.0 Å². The van der Waals surface area contributed by atoms with Crippen LogP contribution in [0.25, 0.3) is 15.8 Å². The lowest BCUT2D eigenvalue weighted by molar-refractivity contribution is -0.104. The molecule has 6 nitrogen and oxygen atoms in total. The van der Waals surface area contributed by atoms with Crippen molar-refractivity contribution in [1.29, 1.82) is 0 Å². The molecule has 132 valence electrons. The molecule has 1 N–H and O–H groups in total. The van der Waals surface area contributed by atoms with Crippen molar-refractivity contribution < 1.29 is 23.5 Å². The molecule has 0 fully saturated rings. The van der Waals surface area contributed by atoms with E-state index in [4.69, 9.17) is 20.6 Å². The minimum atomic E-state index is -1.05. The first kappa shape index (κ1) is 16.4. The number of aliphatic hydroxyl groups excluding tert-OH is 1. The zero-order valence-electron chi connectivity index (χ0n) is 14.1. The van der Waals surface area contributed by atoms with Gasteiger partial charge >= 0.3 is 0 Å². The quantitative estimate of drug-likeness (QED) is 0.700. The van der Waals surface area contributed by atoms with Crippen LogP contribution in [0.1, 0.15) is 25.5 Å². The van der Waals surface area contributed by atoms with Gasteiger partial charge in [-0.2, -0.15) is 0 Å². The van der Waals surface area contributed by atoms with Crippen molar-refractivity contribution >= 4 is 16.7 Å². The molecule has 0 bridgehead atoms. The van der Waals surface area contributed by atoms with Crippen molar-refractivity contribution in [3.05, 3.63) is 59.2 Å². The van der Waals surface area contributed by atoms with Gasteiger partial charge in [-0.1, -0.05) is 6.07 Å². The Hall–Kier alpha value is -3.11. The standard InChI is InChI=1S/C19H15FN2O4/c1-19(2)17(23)16(12-9-11(21-3)5-7-14(12)25-19)24-18-13-8-10(20)4-6-15(13)26-22-18/h4-9,16-17,23H,1-2H3/t16-,17+/m1/s1. The summed E-state index contributed by atoms with van der Waals surface area (Å²) in [6.45, 7) is 10.7. The van der Waals surface area contributed by atoms with Crippen LogP contribution in [0.4, 0.5) is 10.1 Å². The van der Waals surface area contributed by atoms with Crippen molar-refractivity contribution in [1.82, 2.24) is 5.16 Å². The molecule has 1 aliphatic rings. The molecule has 2 heterocycles. The SMILES string of the molecule is [C-]#[N+]c1ccc2c(c1)[C@@H](Oc1noc3ccc(F)cc13)[C@H](O)C(C)(C)O2. The maximum atomic E-state index is 13.6. The molecule has 3 aromatic rings. The fraction of sp³-hybridized carbons (Fsp3) is 0.263. The van der Waals surface area contributed by atoms with Gasteiger partial charge in [0.25, 0.3) is 5.88 Å². The molecule has 2 atom stereocenters. The van der Waals surface area contributed by atoms with Crippen molar-refractivity contribution in [2.75, 3.05) is 0 Å². The molecular weight excluding hydrogens is 339 g/mol. The van der Waals surface area contributed by atoms with Crippen LogP contribution in [0.3, 0.4) is 0 Å². The summed E-state index contributed by atoms with van der Waals surface area (Å²) >= 11 is 0. The smallest absolute Gasteiger partial charge is 0.262 e. The minimum absolute atomic E-state index is 0.0698. The van der Waals surface area contributed by atoms with E-state index in [2.05, 4.69) is 10.0 Å². The first-order valence-electron chi connectivity index (χ1n) is 7.99. The zero-order chi connectivity index (χ0) is 18.5. The van der Waals surface area contributed by atoms with Crippen molar-refractivity contribution in [3.8, 4) is 11.6 Å². The van der Waals surface area contributed by atoms with E-state index in [9.17, 15) is 9.50 Å². The van der Waals surface area contributed by atoms with E-state index in [1.54, 1.807) is 32.0 Å². The van der Waals surface area contributed by atoms with Crippen LogP contribution in [0.2, 0.25) is 0 Å². The van der Waals surface area contributed by atoms with E-state index in [1.807, 2.05) is 0 Å². The molecule has 0 saturated heterocycles. The highest BCUT2D eigenvalue weighted by atomic mass is 19.1. The largest absolute Gasteiger partial charge is 0.485 e. The molecule has 1 aromatic heterocycles. The second-order valence-corrected chi connectivity index (χ2v) is 6.65. The van der Waals surface area contributed by atoms with Crippen LogP contribution in [0, 0.1) is 12.4 Å². The highest BCUT2D eigenvalue weighted by Crippen LogP contribution is 2.44. The van der Waals surface area contributed by atoms with Crippen molar-refractivity contribution in [2.45, 2.75) is 31.7 Å². The van der Waals surface area contributed by atoms with E-state index in [-0.39, 0.29) is 5.88 Å². The van der Waals surface area contributed by atoms with Gasteiger partial charge in [-0.25, -0.2) is 9.24 Å². The Morgan fingerprint density at radius 1 is 1.27 bits per heavy atom. The molecule has 0 aliphatic carbocycles. The third-order valence-electron chi connectivity index (χ3n) is 4.44. The zero-order valence-corrected chi connectivity index (χ0v) is 14.1. The molecule has 4 rings (SSSR count). The number of nitrogens with zero attached hydrogens (tertiary/aromatic N) is 2. The topological polar surface area (TPSA) is 69.1 Å². The number of aromatic nitrogens is 1. The Labute approximate surface area is 148 Å². The van der Waals surface area contributed by atoms with E-state index < -0.39 is 23.6 Å². The van der Waals surface area contributed by atoms with Gasteiger partial charge < -0.3 is 19.1 Å². The highest BCUT2D eigenvalue weighted by Gasteiger charge is 2.45. The number of aliphatic hydroxyl groups is 1. The number of hydrogen-bond acceptors (Lipinski definition) is 5. The number of hydrogen-bond donors (Lipinski definition) is 1. The van der Waals surface area contributed by atoms with E-state index in [0.29, 0.717) is 28.0 Å². The molecular formula is C19H15FN2O4. The third kappa shape index (κ3) is 2.55. The van der Waals surface area contributed by atoms with Crippen LogP contribution in [0.5, 0.6) is 11.6 Å². The number of benzene rings is 2. The van der Waals surface area contributed by atoms with Gasteiger partial charge in [-0.3, -0.25) is 0 Å². The Morgan fingerprint density at radius 2 is 2.08 bits per heavy atom. The highest BCUT2D eigenvalue weighted by molar-refractivity contribution is 5.82. The normalized spacial score (nSPS) is 20.9. The molecule has 7 heteroatoms. The van der Waals surface area contributed by atoms with Crippen LogP contribution in [-0.4, -0.2) is 22.0 Å². The monoisotopic (exact) mass is 354 g/mol. The predicted octanol–water partition coefficient (Wildman–Crippen LogP) is 4.17. The summed E-state index contributed by atoms with van der Waals surface area (Å²) in [6.07, 6.45) is -1.90. The Morgan fingerprint density at radius 3 is 2.85 bits per heavy atom. The van der Waals surface area contributed by atoms with Crippen LogP contribution in [-0.2, 0) is 0 Å². The minimum Gasteiger partial charge on any atom is -0.485 e. The van der Waals surface area contributed by atoms with E-state index in [1.165, 1.54) is 18.2 Å². The number of rotatable bonds is 2. The summed E-state index contributed by atoms with van der Waals surface area (Å²) in [7, 11) is 0. The molecule has 2 aromatic carbocycles. The average Bonchev–Trinajstić information content (AvgIpc) is 3.00. The summed E-state index contributed by atoms with van der Waals surface area (Å²) in [5.74, 6) is 0.131. The van der Waals surface area contributed by atoms with E-state index >= 15 is 0 Å². The van der Waals surface area contributed by atoms with Gasteiger partial charge in [-0.15, -0.1) is 0 Å². The lowest BCUT2D eigenvalue weighted by Gasteiger charge is -2.41. The van der Waals surface area contributed by atoms with Gasteiger partial charge in [-0.05, 0) is 49.3 Å². The van der Waals surface area contributed by atoms with Crippen molar-refractivity contribution in [2.24, 2.45) is 0 Å². The van der Waals surface area contributed by atoms with Gasteiger partial charge in [0.1, 0.15) is 23.3 Å². The van der Waals surface area contributed by atoms with Crippen LogP contribution in [0.15, 0.2) is 40.9 Å². The molecule has 0 radical (unpaired) electrons.